The summed E-state index contributed by atoms with van der Waals surface area (Å²) < 4.78 is 5.56. The van der Waals surface area contributed by atoms with Crippen LogP contribution in [0, 0.1) is 0 Å². The summed E-state index contributed by atoms with van der Waals surface area (Å²) >= 11 is 7.09. The molecule has 0 aliphatic carbocycles. The summed E-state index contributed by atoms with van der Waals surface area (Å²) in [6, 6.07) is 7.15. The summed E-state index contributed by atoms with van der Waals surface area (Å²) in [6.45, 7) is 0.970. The van der Waals surface area contributed by atoms with Crippen LogP contribution in [0.5, 0.6) is 0 Å². The number of aromatic nitrogens is 2. The van der Waals surface area contributed by atoms with E-state index in [1.54, 1.807) is 24.3 Å². The zero-order chi connectivity index (χ0) is 15.4. The van der Waals surface area contributed by atoms with E-state index >= 15 is 0 Å². The van der Waals surface area contributed by atoms with E-state index in [0.29, 0.717) is 21.8 Å². The number of benzene rings is 1. The smallest absolute Gasteiger partial charge is 0.277 e. The highest BCUT2D eigenvalue weighted by molar-refractivity contribution is 7.99. The topological polar surface area (TPSA) is 80.1 Å². The van der Waals surface area contributed by atoms with E-state index < -0.39 is 0 Å². The van der Waals surface area contributed by atoms with Gasteiger partial charge in [0.15, 0.2) is 0 Å². The Bertz CT molecular complexity index is 658. The Morgan fingerprint density at radius 2 is 2.41 bits per heavy atom. The van der Waals surface area contributed by atoms with Crippen molar-refractivity contribution >= 4 is 35.0 Å². The standard InChI is InChI=1S/C14H15ClN4O2S/c15-9-3-1-4-10(7-9)17-12(20)8-22-14-19-18-13(21-14)11-5-2-6-16-11/h1,3-4,7,11,16H,2,5-6,8H2,(H,17,20). The summed E-state index contributed by atoms with van der Waals surface area (Å²) in [5, 5.41) is 15.0. The first kappa shape index (κ1) is 15.3. The average molecular weight is 339 g/mol. The van der Waals surface area contributed by atoms with Crippen molar-refractivity contribution in [2.75, 3.05) is 17.6 Å². The van der Waals surface area contributed by atoms with Crippen molar-refractivity contribution in [1.29, 1.82) is 0 Å². The number of hydrogen-bond acceptors (Lipinski definition) is 6. The lowest BCUT2D eigenvalue weighted by molar-refractivity contribution is -0.113. The predicted molar refractivity (Wildman–Crippen MR) is 85.1 cm³/mol. The van der Waals surface area contributed by atoms with Crippen LogP contribution in [-0.4, -0.2) is 28.4 Å². The third-order valence-corrected chi connectivity index (χ3v) is 4.27. The molecule has 0 bridgehead atoms. The number of nitrogens with one attached hydrogen (secondary N) is 2. The van der Waals surface area contributed by atoms with Crippen molar-refractivity contribution in [3.8, 4) is 0 Å². The molecule has 3 rings (SSSR count). The first-order valence-electron chi connectivity index (χ1n) is 6.96. The van der Waals surface area contributed by atoms with Crippen molar-refractivity contribution in [2.45, 2.75) is 24.1 Å². The Balaban J connectivity index is 1.50. The quantitative estimate of drug-likeness (QED) is 0.816. The van der Waals surface area contributed by atoms with Gasteiger partial charge < -0.3 is 15.1 Å². The number of halogens is 1. The van der Waals surface area contributed by atoms with Crippen LogP contribution in [0.1, 0.15) is 24.8 Å². The minimum atomic E-state index is -0.147. The van der Waals surface area contributed by atoms with Crippen molar-refractivity contribution < 1.29 is 9.21 Å². The normalized spacial score (nSPS) is 17.6. The number of hydrogen-bond donors (Lipinski definition) is 2. The minimum absolute atomic E-state index is 0.141. The maximum absolute atomic E-state index is 11.9. The van der Waals surface area contributed by atoms with Gasteiger partial charge >= 0.3 is 0 Å². The van der Waals surface area contributed by atoms with E-state index in [4.69, 9.17) is 16.0 Å². The lowest BCUT2D eigenvalue weighted by atomic mass is 10.2. The highest BCUT2D eigenvalue weighted by atomic mass is 35.5. The van der Waals surface area contributed by atoms with Crippen molar-refractivity contribution in [3.63, 3.8) is 0 Å². The average Bonchev–Trinajstić information content (AvgIpc) is 3.16. The molecule has 1 aromatic heterocycles. The summed E-state index contributed by atoms with van der Waals surface area (Å²) in [5.74, 6) is 0.646. The maximum Gasteiger partial charge on any atom is 0.277 e. The molecule has 0 saturated carbocycles. The van der Waals surface area contributed by atoms with E-state index in [2.05, 4.69) is 20.8 Å². The molecule has 2 heterocycles. The number of carbonyl (C=O) groups excluding carboxylic acids is 1. The van der Waals surface area contributed by atoms with E-state index in [1.165, 1.54) is 11.8 Å². The van der Waals surface area contributed by atoms with Gasteiger partial charge in [-0.15, -0.1) is 10.2 Å². The van der Waals surface area contributed by atoms with Gasteiger partial charge in [-0.05, 0) is 37.6 Å². The van der Waals surface area contributed by atoms with Crippen LogP contribution >= 0.6 is 23.4 Å². The molecule has 0 radical (unpaired) electrons. The van der Waals surface area contributed by atoms with Crippen LogP contribution < -0.4 is 10.6 Å². The molecule has 1 unspecified atom stereocenters. The predicted octanol–water partition coefficient (Wildman–Crippen LogP) is 2.88. The van der Waals surface area contributed by atoms with Gasteiger partial charge in [-0.2, -0.15) is 0 Å². The molecule has 1 aliphatic heterocycles. The summed E-state index contributed by atoms with van der Waals surface area (Å²) in [5.41, 5.74) is 0.666. The van der Waals surface area contributed by atoms with Crippen LogP contribution in [0.2, 0.25) is 5.02 Å². The van der Waals surface area contributed by atoms with Crippen molar-refractivity contribution in [2.24, 2.45) is 0 Å². The Morgan fingerprint density at radius 1 is 1.50 bits per heavy atom. The van der Waals surface area contributed by atoms with Crippen LogP contribution in [-0.2, 0) is 4.79 Å². The van der Waals surface area contributed by atoms with Gasteiger partial charge in [-0.25, -0.2) is 0 Å². The first-order valence-corrected chi connectivity index (χ1v) is 8.32. The van der Waals surface area contributed by atoms with Gasteiger partial charge in [0.1, 0.15) is 0 Å². The fraction of sp³-hybridized carbons (Fsp3) is 0.357. The largest absolute Gasteiger partial charge is 0.414 e. The van der Waals surface area contributed by atoms with Gasteiger partial charge in [0.25, 0.3) is 5.22 Å². The number of rotatable bonds is 5. The fourth-order valence-electron chi connectivity index (χ4n) is 2.21. The molecule has 2 N–H and O–H groups in total. The SMILES string of the molecule is O=C(CSc1nnc(C2CCCN2)o1)Nc1cccc(Cl)c1. The minimum Gasteiger partial charge on any atom is -0.414 e. The van der Waals surface area contributed by atoms with Crippen LogP contribution in [0.25, 0.3) is 0 Å². The summed E-state index contributed by atoms with van der Waals surface area (Å²) in [4.78, 5) is 11.9. The molecular weight excluding hydrogens is 324 g/mol. The van der Waals surface area contributed by atoms with E-state index in [0.717, 1.165) is 19.4 Å². The monoisotopic (exact) mass is 338 g/mol. The molecule has 1 saturated heterocycles. The lowest BCUT2D eigenvalue weighted by Gasteiger charge is -2.04. The van der Waals surface area contributed by atoms with Crippen molar-refractivity contribution in [1.82, 2.24) is 15.5 Å². The zero-order valence-corrected chi connectivity index (χ0v) is 13.3. The molecule has 6 nitrogen and oxygen atoms in total. The highest BCUT2D eigenvalue weighted by Gasteiger charge is 2.22. The molecular formula is C14H15ClN4O2S. The number of anilines is 1. The Labute approximate surface area is 137 Å². The molecule has 116 valence electrons. The second-order valence-corrected chi connectivity index (χ2v) is 6.27. The number of thioether (sulfide) groups is 1. The maximum atomic E-state index is 11.9. The second kappa shape index (κ2) is 7.13. The molecule has 1 aromatic carbocycles. The Hall–Kier alpha value is -1.57. The first-order chi connectivity index (χ1) is 10.7. The Kier molecular flexibility index (Phi) is 4.97. The van der Waals surface area contributed by atoms with Gasteiger partial charge in [0, 0.05) is 10.7 Å². The molecule has 8 heteroatoms. The Morgan fingerprint density at radius 3 is 3.18 bits per heavy atom. The fourth-order valence-corrected chi connectivity index (χ4v) is 2.97. The van der Waals surface area contributed by atoms with Crippen LogP contribution in [0.3, 0.4) is 0 Å². The van der Waals surface area contributed by atoms with E-state index in [-0.39, 0.29) is 17.7 Å². The number of nitrogens with zero attached hydrogens (tertiary/aromatic N) is 2. The van der Waals surface area contributed by atoms with E-state index in [1.807, 2.05) is 0 Å². The summed E-state index contributed by atoms with van der Waals surface area (Å²) in [6.07, 6.45) is 2.11. The molecule has 1 aliphatic rings. The van der Waals surface area contributed by atoms with Gasteiger partial charge in [-0.3, -0.25) is 4.79 Å². The third-order valence-electron chi connectivity index (χ3n) is 3.22. The number of carbonyl (C=O) groups is 1. The molecule has 1 amide bonds. The van der Waals surface area contributed by atoms with Crippen LogP contribution in [0.4, 0.5) is 5.69 Å². The van der Waals surface area contributed by atoms with Gasteiger partial charge in [-0.1, -0.05) is 29.4 Å². The summed E-state index contributed by atoms with van der Waals surface area (Å²) in [7, 11) is 0. The van der Waals surface area contributed by atoms with Crippen molar-refractivity contribution in [3.05, 3.63) is 35.2 Å². The molecule has 0 spiro atoms. The van der Waals surface area contributed by atoms with Crippen LogP contribution in [0.15, 0.2) is 33.9 Å². The molecule has 22 heavy (non-hydrogen) atoms. The van der Waals surface area contributed by atoms with Gasteiger partial charge in [0.05, 0.1) is 11.8 Å². The highest BCUT2D eigenvalue weighted by Crippen LogP contribution is 2.25. The number of amides is 1. The molecule has 2 aromatic rings. The zero-order valence-electron chi connectivity index (χ0n) is 11.7. The lowest BCUT2D eigenvalue weighted by Crippen LogP contribution is -2.13. The van der Waals surface area contributed by atoms with Gasteiger partial charge in [0.2, 0.25) is 11.8 Å². The van der Waals surface area contributed by atoms with E-state index in [9.17, 15) is 4.79 Å². The second-order valence-electron chi connectivity index (χ2n) is 4.90. The molecule has 1 fully saturated rings. The molecule has 1 atom stereocenters. The third kappa shape index (κ3) is 4.00.